The molecule has 0 aromatic carbocycles. The van der Waals surface area contributed by atoms with E-state index in [4.69, 9.17) is 16.0 Å². The molecule has 2 heterocycles. The minimum atomic E-state index is -0.451. The zero-order valence-corrected chi connectivity index (χ0v) is 11.0. The zero-order chi connectivity index (χ0) is 13.8. The molecule has 2 aromatic rings. The smallest absolute Gasteiger partial charge is 0.301 e. The van der Waals surface area contributed by atoms with E-state index in [9.17, 15) is 4.79 Å². The highest BCUT2D eigenvalue weighted by Crippen LogP contribution is 2.26. The maximum Gasteiger partial charge on any atom is 0.301 e. The first-order valence-electron chi connectivity index (χ1n) is 5.41. The van der Waals surface area contributed by atoms with Crippen molar-refractivity contribution < 1.29 is 9.21 Å². The number of hydrogen-bond donors (Lipinski definition) is 3. The first-order valence-corrected chi connectivity index (χ1v) is 6.40. The Morgan fingerprint density at radius 1 is 1.47 bits per heavy atom. The molecule has 0 radical (unpaired) electrons. The Hall–Kier alpha value is -2.06. The molecule has 0 aliphatic heterocycles. The van der Waals surface area contributed by atoms with Crippen LogP contribution >= 0.6 is 11.8 Å². The Labute approximate surface area is 113 Å². The Morgan fingerprint density at radius 2 is 2.21 bits per heavy atom. The standard InChI is InChI=1S/C11H13N5O2S/c1-6-4-7(18-8(6)10(17)16-13)5-19-11-9(12)14-2-3-15-11/h2-4H,5,13H2,1H3,(H2,12,14)(H,16,17). The molecule has 1 amide bonds. The van der Waals surface area contributed by atoms with Crippen LogP contribution in [0.4, 0.5) is 5.82 Å². The summed E-state index contributed by atoms with van der Waals surface area (Å²) in [5, 5.41) is 0.626. The van der Waals surface area contributed by atoms with E-state index < -0.39 is 5.91 Å². The first kappa shape index (κ1) is 13.4. The van der Waals surface area contributed by atoms with Crippen molar-refractivity contribution in [3.63, 3.8) is 0 Å². The lowest BCUT2D eigenvalue weighted by molar-refractivity contribution is 0.0923. The SMILES string of the molecule is Cc1cc(CSc2nccnc2N)oc1C(=O)NN. The predicted octanol–water partition coefficient (Wildman–Crippen LogP) is 0.856. The normalized spacial score (nSPS) is 10.4. The van der Waals surface area contributed by atoms with Crippen molar-refractivity contribution in [1.82, 2.24) is 15.4 Å². The van der Waals surface area contributed by atoms with Gasteiger partial charge < -0.3 is 10.2 Å². The number of hydrazine groups is 1. The first-order chi connectivity index (χ1) is 9.11. The van der Waals surface area contributed by atoms with Gasteiger partial charge in [0.05, 0.1) is 5.75 Å². The van der Waals surface area contributed by atoms with Gasteiger partial charge in [0.25, 0.3) is 0 Å². The minimum absolute atomic E-state index is 0.213. The number of hydrogen-bond acceptors (Lipinski definition) is 7. The fourth-order valence-corrected chi connectivity index (χ4v) is 2.25. The summed E-state index contributed by atoms with van der Waals surface area (Å²) in [7, 11) is 0. The number of nitrogen functional groups attached to an aromatic ring is 2. The molecule has 2 rings (SSSR count). The van der Waals surface area contributed by atoms with Crippen LogP contribution in [0.3, 0.4) is 0 Å². The fraction of sp³-hybridized carbons (Fsp3) is 0.182. The average Bonchev–Trinajstić information content (AvgIpc) is 2.78. The predicted molar refractivity (Wildman–Crippen MR) is 71.1 cm³/mol. The second-order valence-corrected chi connectivity index (χ2v) is 4.70. The molecular weight excluding hydrogens is 266 g/mol. The van der Waals surface area contributed by atoms with E-state index in [0.29, 0.717) is 22.4 Å². The van der Waals surface area contributed by atoms with Crippen LogP contribution in [-0.4, -0.2) is 15.9 Å². The summed E-state index contributed by atoms with van der Waals surface area (Å²) >= 11 is 1.39. The van der Waals surface area contributed by atoms with Gasteiger partial charge in [-0.25, -0.2) is 15.8 Å². The average molecular weight is 279 g/mol. The van der Waals surface area contributed by atoms with E-state index in [0.717, 1.165) is 5.56 Å². The van der Waals surface area contributed by atoms with Gasteiger partial charge in [-0.15, -0.1) is 0 Å². The molecule has 2 aromatic heterocycles. The third-order valence-electron chi connectivity index (χ3n) is 2.35. The number of carbonyl (C=O) groups excluding carboxylic acids is 1. The molecular formula is C11H13N5O2S. The molecule has 0 atom stereocenters. The van der Waals surface area contributed by atoms with E-state index in [1.807, 2.05) is 5.43 Å². The zero-order valence-electron chi connectivity index (χ0n) is 10.2. The molecule has 0 bridgehead atoms. The van der Waals surface area contributed by atoms with E-state index in [-0.39, 0.29) is 5.76 Å². The largest absolute Gasteiger partial charge is 0.455 e. The van der Waals surface area contributed by atoms with Crippen molar-refractivity contribution in [1.29, 1.82) is 0 Å². The maximum absolute atomic E-state index is 11.4. The van der Waals surface area contributed by atoms with Crippen molar-refractivity contribution in [3.8, 4) is 0 Å². The Kier molecular flexibility index (Phi) is 4.03. The molecule has 0 fully saturated rings. The van der Waals surface area contributed by atoms with Gasteiger partial charge in [-0.1, -0.05) is 11.8 Å². The summed E-state index contributed by atoms with van der Waals surface area (Å²) in [4.78, 5) is 19.4. The highest BCUT2D eigenvalue weighted by atomic mass is 32.2. The van der Waals surface area contributed by atoms with E-state index in [1.54, 1.807) is 19.2 Å². The van der Waals surface area contributed by atoms with Crippen LogP contribution in [0.15, 0.2) is 27.9 Å². The van der Waals surface area contributed by atoms with Gasteiger partial charge in [0.15, 0.2) is 11.6 Å². The molecule has 8 heteroatoms. The number of thioether (sulfide) groups is 1. The number of anilines is 1. The second-order valence-electron chi connectivity index (χ2n) is 3.73. The van der Waals surface area contributed by atoms with E-state index in [1.165, 1.54) is 18.0 Å². The summed E-state index contributed by atoms with van der Waals surface area (Å²) in [5.74, 6) is 6.35. The Morgan fingerprint density at radius 3 is 2.89 bits per heavy atom. The van der Waals surface area contributed by atoms with Crippen molar-refractivity contribution in [2.45, 2.75) is 17.7 Å². The topological polar surface area (TPSA) is 120 Å². The van der Waals surface area contributed by atoms with Crippen LogP contribution in [-0.2, 0) is 5.75 Å². The number of rotatable bonds is 4. The van der Waals surface area contributed by atoms with E-state index in [2.05, 4.69) is 9.97 Å². The molecule has 0 aliphatic rings. The van der Waals surface area contributed by atoms with Gasteiger partial charge >= 0.3 is 5.91 Å². The maximum atomic E-state index is 11.4. The van der Waals surface area contributed by atoms with Crippen LogP contribution < -0.4 is 17.0 Å². The Bertz CT molecular complexity index is 599. The molecule has 0 saturated heterocycles. The molecule has 100 valence electrons. The van der Waals surface area contributed by atoms with Crippen molar-refractivity contribution in [3.05, 3.63) is 35.5 Å². The number of aryl methyl sites for hydroxylation is 1. The van der Waals surface area contributed by atoms with Gasteiger partial charge in [-0.3, -0.25) is 10.2 Å². The summed E-state index contributed by atoms with van der Waals surface area (Å²) in [6.07, 6.45) is 3.10. The van der Waals surface area contributed by atoms with Gasteiger partial charge in [0.1, 0.15) is 10.8 Å². The molecule has 7 nitrogen and oxygen atoms in total. The molecule has 0 unspecified atom stereocenters. The highest BCUT2D eigenvalue weighted by Gasteiger charge is 2.15. The number of nitrogens with two attached hydrogens (primary N) is 2. The van der Waals surface area contributed by atoms with E-state index >= 15 is 0 Å². The summed E-state index contributed by atoms with van der Waals surface area (Å²) < 4.78 is 5.43. The van der Waals surface area contributed by atoms with Gasteiger partial charge in [0, 0.05) is 18.0 Å². The summed E-state index contributed by atoms with van der Waals surface area (Å²) in [6, 6.07) is 1.78. The number of carbonyl (C=O) groups is 1. The number of nitrogens with zero attached hydrogens (tertiary/aromatic N) is 2. The molecule has 19 heavy (non-hydrogen) atoms. The Balaban J connectivity index is 2.09. The van der Waals surface area contributed by atoms with Crippen LogP contribution in [0, 0.1) is 6.92 Å². The number of amides is 1. The lowest BCUT2D eigenvalue weighted by Crippen LogP contribution is -2.30. The molecule has 0 saturated carbocycles. The second kappa shape index (κ2) is 5.72. The third kappa shape index (κ3) is 3.04. The lowest BCUT2D eigenvalue weighted by Gasteiger charge is -2.00. The van der Waals surface area contributed by atoms with Crippen molar-refractivity contribution in [2.75, 3.05) is 5.73 Å². The van der Waals surface area contributed by atoms with Crippen LogP contribution in [0.2, 0.25) is 0 Å². The van der Waals surface area contributed by atoms with Gasteiger partial charge in [-0.05, 0) is 13.0 Å². The lowest BCUT2D eigenvalue weighted by atomic mass is 10.2. The van der Waals surface area contributed by atoms with Crippen LogP contribution in [0.25, 0.3) is 0 Å². The fourth-order valence-electron chi connectivity index (χ4n) is 1.50. The molecule has 5 N–H and O–H groups in total. The van der Waals surface area contributed by atoms with Crippen molar-refractivity contribution >= 4 is 23.5 Å². The monoisotopic (exact) mass is 279 g/mol. The van der Waals surface area contributed by atoms with Crippen LogP contribution in [0.5, 0.6) is 0 Å². The summed E-state index contributed by atoms with van der Waals surface area (Å²) in [6.45, 7) is 1.78. The number of furan rings is 1. The minimum Gasteiger partial charge on any atom is -0.455 e. The third-order valence-corrected chi connectivity index (χ3v) is 3.37. The number of nitrogens with one attached hydrogen (secondary N) is 1. The van der Waals surface area contributed by atoms with Crippen LogP contribution in [0.1, 0.15) is 21.9 Å². The molecule has 0 spiro atoms. The quantitative estimate of drug-likeness (QED) is 0.328. The molecule has 0 aliphatic carbocycles. The van der Waals surface area contributed by atoms with Crippen molar-refractivity contribution in [2.24, 2.45) is 5.84 Å². The highest BCUT2D eigenvalue weighted by molar-refractivity contribution is 7.98. The van der Waals surface area contributed by atoms with Gasteiger partial charge in [-0.2, -0.15) is 0 Å². The van der Waals surface area contributed by atoms with Gasteiger partial charge in [0.2, 0.25) is 0 Å². The number of aromatic nitrogens is 2. The summed E-state index contributed by atoms with van der Waals surface area (Å²) in [5.41, 5.74) is 8.45.